The molecule has 0 unspecified atom stereocenters. The molecule has 0 aliphatic carbocycles. The number of thioether (sulfide) groups is 1. The highest BCUT2D eigenvalue weighted by molar-refractivity contribution is 7.99. The molecule has 6 nitrogen and oxygen atoms in total. The minimum Gasteiger partial charge on any atom is -0.452 e. The standard InChI is InChI=1S/C16H18F2N2O4S/c17-16(18)25-12-4-2-1-3-11(12)15(23)24-9-13(21)20-7-5-10(6-8-20)14(19)22/h1-4,10,16H,5-9H2,(H2,19,22). The van der Waals surface area contributed by atoms with Crippen molar-refractivity contribution in [2.24, 2.45) is 11.7 Å². The first-order valence-electron chi connectivity index (χ1n) is 7.66. The van der Waals surface area contributed by atoms with Crippen LogP contribution in [0.3, 0.4) is 0 Å². The number of hydrogen-bond donors (Lipinski definition) is 1. The lowest BCUT2D eigenvalue weighted by Gasteiger charge is -2.30. The van der Waals surface area contributed by atoms with Crippen LogP contribution in [-0.2, 0) is 14.3 Å². The molecular weight excluding hydrogens is 354 g/mol. The topological polar surface area (TPSA) is 89.7 Å². The Hall–Kier alpha value is -2.16. The summed E-state index contributed by atoms with van der Waals surface area (Å²) in [4.78, 5) is 36.8. The van der Waals surface area contributed by atoms with E-state index in [0.717, 1.165) is 0 Å². The average Bonchev–Trinajstić information content (AvgIpc) is 2.59. The number of piperidine rings is 1. The van der Waals surface area contributed by atoms with Gasteiger partial charge in [0, 0.05) is 23.9 Å². The van der Waals surface area contributed by atoms with Crippen molar-refractivity contribution in [1.82, 2.24) is 4.90 Å². The van der Waals surface area contributed by atoms with E-state index in [-0.39, 0.29) is 34.0 Å². The number of rotatable bonds is 6. The van der Waals surface area contributed by atoms with Crippen molar-refractivity contribution >= 4 is 29.5 Å². The van der Waals surface area contributed by atoms with Crippen LogP contribution >= 0.6 is 11.8 Å². The fourth-order valence-corrected chi connectivity index (χ4v) is 3.17. The summed E-state index contributed by atoms with van der Waals surface area (Å²) in [6, 6.07) is 5.83. The molecule has 1 aromatic rings. The predicted molar refractivity (Wildman–Crippen MR) is 87.1 cm³/mol. The molecule has 0 aromatic heterocycles. The summed E-state index contributed by atoms with van der Waals surface area (Å²) in [7, 11) is 0. The zero-order valence-corrected chi connectivity index (χ0v) is 14.1. The first kappa shape index (κ1) is 19.2. The Bertz CT molecular complexity index is 649. The van der Waals surface area contributed by atoms with Crippen molar-refractivity contribution in [3.8, 4) is 0 Å². The molecule has 1 fully saturated rings. The molecular formula is C16H18F2N2O4S. The second-order valence-corrected chi connectivity index (χ2v) is 6.54. The van der Waals surface area contributed by atoms with Crippen molar-refractivity contribution < 1.29 is 27.9 Å². The van der Waals surface area contributed by atoms with Gasteiger partial charge in [-0.2, -0.15) is 8.78 Å². The van der Waals surface area contributed by atoms with Crippen LogP contribution in [0.2, 0.25) is 0 Å². The summed E-state index contributed by atoms with van der Waals surface area (Å²) in [5.41, 5.74) is 5.23. The van der Waals surface area contributed by atoms with Crippen molar-refractivity contribution in [2.45, 2.75) is 23.5 Å². The van der Waals surface area contributed by atoms with E-state index in [1.165, 1.54) is 29.2 Å². The summed E-state index contributed by atoms with van der Waals surface area (Å²) in [5.74, 6) is -4.52. The molecule has 0 spiro atoms. The summed E-state index contributed by atoms with van der Waals surface area (Å²) in [5, 5.41) is 0. The van der Waals surface area contributed by atoms with Gasteiger partial charge in [-0.15, -0.1) is 0 Å². The predicted octanol–water partition coefficient (Wildman–Crippen LogP) is 1.88. The average molecular weight is 372 g/mol. The third-order valence-electron chi connectivity index (χ3n) is 3.90. The molecule has 1 heterocycles. The van der Waals surface area contributed by atoms with Crippen molar-refractivity contribution in [1.29, 1.82) is 0 Å². The van der Waals surface area contributed by atoms with Gasteiger partial charge in [0.1, 0.15) is 0 Å². The molecule has 1 aliphatic heterocycles. The van der Waals surface area contributed by atoms with E-state index in [1.807, 2.05) is 0 Å². The Labute approximate surface area is 147 Å². The third-order valence-corrected chi connectivity index (χ3v) is 4.69. The minimum absolute atomic E-state index is 0.00645. The maximum Gasteiger partial charge on any atom is 0.339 e. The molecule has 9 heteroatoms. The van der Waals surface area contributed by atoms with Gasteiger partial charge in [0.15, 0.2) is 6.61 Å². The molecule has 2 rings (SSSR count). The van der Waals surface area contributed by atoms with Crippen LogP contribution in [0.4, 0.5) is 8.78 Å². The van der Waals surface area contributed by atoms with Gasteiger partial charge in [0.2, 0.25) is 5.91 Å². The Morgan fingerprint density at radius 3 is 2.48 bits per heavy atom. The highest BCUT2D eigenvalue weighted by Gasteiger charge is 2.26. The van der Waals surface area contributed by atoms with E-state index in [0.29, 0.717) is 25.9 Å². The second kappa shape index (κ2) is 8.80. The lowest BCUT2D eigenvalue weighted by atomic mass is 9.96. The number of ether oxygens (including phenoxy) is 1. The second-order valence-electron chi connectivity index (χ2n) is 5.51. The third kappa shape index (κ3) is 5.42. The molecule has 0 radical (unpaired) electrons. The van der Waals surface area contributed by atoms with Gasteiger partial charge in [-0.25, -0.2) is 4.79 Å². The van der Waals surface area contributed by atoms with Crippen LogP contribution in [0.5, 0.6) is 0 Å². The molecule has 2 N–H and O–H groups in total. The SMILES string of the molecule is NC(=O)C1CCN(C(=O)COC(=O)c2ccccc2SC(F)F)CC1. The van der Waals surface area contributed by atoms with Crippen LogP contribution < -0.4 is 5.73 Å². The fourth-order valence-electron chi connectivity index (χ4n) is 2.54. The van der Waals surface area contributed by atoms with Gasteiger partial charge >= 0.3 is 5.97 Å². The monoisotopic (exact) mass is 372 g/mol. The van der Waals surface area contributed by atoms with E-state index in [4.69, 9.17) is 10.5 Å². The fraction of sp³-hybridized carbons (Fsp3) is 0.438. The van der Waals surface area contributed by atoms with Crippen molar-refractivity contribution in [3.63, 3.8) is 0 Å². The number of amides is 2. The molecule has 1 aromatic carbocycles. The molecule has 1 aliphatic rings. The van der Waals surface area contributed by atoms with Crippen LogP contribution in [0.15, 0.2) is 29.2 Å². The number of alkyl halides is 2. The highest BCUT2D eigenvalue weighted by Crippen LogP contribution is 2.28. The Morgan fingerprint density at radius 1 is 1.24 bits per heavy atom. The number of benzene rings is 1. The number of carbonyl (C=O) groups excluding carboxylic acids is 3. The summed E-state index contributed by atoms with van der Waals surface area (Å²) in [6.45, 7) is 0.247. The van der Waals surface area contributed by atoms with Gasteiger partial charge in [-0.05, 0) is 25.0 Å². The molecule has 0 saturated carbocycles. The Morgan fingerprint density at radius 2 is 1.88 bits per heavy atom. The van der Waals surface area contributed by atoms with E-state index >= 15 is 0 Å². The van der Waals surface area contributed by atoms with Crippen molar-refractivity contribution in [2.75, 3.05) is 19.7 Å². The molecule has 1 saturated heterocycles. The maximum absolute atomic E-state index is 12.5. The van der Waals surface area contributed by atoms with Gasteiger partial charge in [0.25, 0.3) is 11.7 Å². The lowest BCUT2D eigenvalue weighted by molar-refractivity contribution is -0.137. The molecule has 25 heavy (non-hydrogen) atoms. The number of nitrogens with zero attached hydrogens (tertiary/aromatic N) is 1. The van der Waals surface area contributed by atoms with Crippen molar-refractivity contribution in [3.05, 3.63) is 29.8 Å². The first-order chi connectivity index (χ1) is 11.9. The van der Waals surface area contributed by atoms with Crippen LogP contribution in [0, 0.1) is 5.92 Å². The van der Waals surface area contributed by atoms with Gasteiger partial charge < -0.3 is 15.4 Å². The van der Waals surface area contributed by atoms with Gasteiger partial charge in [0.05, 0.1) is 5.56 Å². The van der Waals surface area contributed by atoms with E-state index in [2.05, 4.69) is 0 Å². The quantitative estimate of drug-likeness (QED) is 0.608. The summed E-state index contributed by atoms with van der Waals surface area (Å²) >= 11 is 0.245. The van der Waals surface area contributed by atoms with Gasteiger partial charge in [-0.3, -0.25) is 9.59 Å². The minimum atomic E-state index is -2.66. The molecule has 2 amide bonds. The van der Waals surface area contributed by atoms with E-state index in [9.17, 15) is 23.2 Å². The largest absolute Gasteiger partial charge is 0.452 e. The Kier molecular flexibility index (Phi) is 6.74. The smallest absolute Gasteiger partial charge is 0.339 e. The van der Waals surface area contributed by atoms with E-state index in [1.54, 1.807) is 0 Å². The van der Waals surface area contributed by atoms with Crippen LogP contribution in [0.1, 0.15) is 23.2 Å². The number of halogens is 2. The Balaban J connectivity index is 1.88. The summed E-state index contributed by atoms with van der Waals surface area (Å²) < 4.78 is 30.0. The number of carbonyl (C=O) groups is 3. The van der Waals surface area contributed by atoms with Crippen LogP contribution in [-0.4, -0.2) is 48.1 Å². The number of esters is 1. The molecule has 136 valence electrons. The zero-order chi connectivity index (χ0) is 18.4. The maximum atomic E-state index is 12.5. The number of nitrogens with two attached hydrogens (primary N) is 1. The zero-order valence-electron chi connectivity index (χ0n) is 13.3. The number of hydrogen-bond acceptors (Lipinski definition) is 5. The van der Waals surface area contributed by atoms with Gasteiger partial charge in [-0.1, -0.05) is 23.9 Å². The van der Waals surface area contributed by atoms with E-state index < -0.39 is 24.2 Å². The normalized spacial score (nSPS) is 15.2. The lowest BCUT2D eigenvalue weighted by Crippen LogP contribution is -2.43. The van der Waals surface area contributed by atoms with Crippen LogP contribution in [0.25, 0.3) is 0 Å². The summed E-state index contributed by atoms with van der Waals surface area (Å²) in [6.07, 6.45) is 0.950. The number of primary amides is 1. The first-order valence-corrected chi connectivity index (χ1v) is 8.54. The highest BCUT2D eigenvalue weighted by atomic mass is 32.2. The molecule has 0 bridgehead atoms. The molecule has 0 atom stereocenters. The number of likely N-dealkylation sites (tertiary alicyclic amines) is 1.